The molecule has 1 fully saturated rings. The summed E-state index contributed by atoms with van der Waals surface area (Å²) in [7, 11) is 0. The third-order valence-corrected chi connectivity index (χ3v) is 3.75. The van der Waals surface area contributed by atoms with Crippen molar-refractivity contribution >= 4 is 0 Å². The fourth-order valence-corrected chi connectivity index (χ4v) is 2.71. The van der Waals surface area contributed by atoms with E-state index >= 15 is 0 Å². The molecule has 0 nitrogen and oxygen atoms in total. The quantitative estimate of drug-likeness (QED) is 0.703. The molecular formula is C15H21F. The van der Waals surface area contributed by atoms with Crippen LogP contribution in [0.15, 0.2) is 18.2 Å². The Morgan fingerprint density at radius 2 is 1.94 bits per heavy atom. The van der Waals surface area contributed by atoms with Gasteiger partial charge in [-0.2, -0.15) is 0 Å². The molecule has 88 valence electrons. The van der Waals surface area contributed by atoms with Crippen LogP contribution >= 0.6 is 0 Å². The molecule has 0 atom stereocenters. The lowest BCUT2D eigenvalue weighted by molar-refractivity contribution is 0.353. The van der Waals surface area contributed by atoms with Gasteiger partial charge in [0.15, 0.2) is 0 Å². The second-order valence-corrected chi connectivity index (χ2v) is 4.99. The highest BCUT2D eigenvalue weighted by molar-refractivity contribution is 5.25. The van der Waals surface area contributed by atoms with Crippen molar-refractivity contribution in [1.29, 1.82) is 0 Å². The van der Waals surface area contributed by atoms with Crippen LogP contribution in [0.25, 0.3) is 0 Å². The summed E-state index contributed by atoms with van der Waals surface area (Å²) >= 11 is 0. The zero-order chi connectivity index (χ0) is 11.4. The topological polar surface area (TPSA) is 0 Å². The van der Waals surface area contributed by atoms with Crippen molar-refractivity contribution in [3.8, 4) is 0 Å². The Balaban J connectivity index is 2.06. The monoisotopic (exact) mass is 220 g/mol. The molecule has 1 aromatic rings. The van der Waals surface area contributed by atoms with Crippen molar-refractivity contribution in [3.63, 3.8) is 0 Å². The molecule has 0 unspecified atom stereocenters. The lowest BCUT2D eigenvalue weighted by Crippen LogP contribution is -2.10. The third kappa shape index (κ3) is 2.84. The van der Waals surface area contributed by atoms with Crippen LogP contribution in [-0.2, 0) is 12.8 Å². The number of hydrogen-bond acceptors (Lipinski definition) is 0. The largest absolute Gasteiger partial charge is 0.207 e. The van der Waals surface area contributed by atoms with Crippen molar-refractivity contribution in [2.75, 3.05) is 0 Å². The van der Waals surface area contributed by atoms with E-state index < -0.39 is 0 Å². The van der Waals surface area contributed by atoms with Gasteiger partial charge in [0, 0.05) is 0 Å². The minimum Gasteiger partial charge on any atom is -0.207 e. The lowest BCUT2D eigenvalue weighted by Gasteiger charge is -2.21. The zero-order valence-electron chi connectivity index (χ0n) is 10.1. The number of hydrogen-bond donors (Lipinski definition) is 0. The minimum atomic E-state index is -0.0113. The van der Waals surface area contributed by atoms with E-state index in [9.17, 15) is 4.39 Å². The standard InChI is InChI=1S/C15H21F/c1-2-12-8-9-15(16)14(10-12)11-13-6-4-3-5-7-13/h8-10,13H,2-7,11H2,1H3. The summed E-state index contributed by atoms with van der Waals surface area (Å²) in [6.45, 7) is 2.12. The van der Waals surface area contributed by atoms with Gasteiger partial charge in [-0.1, -0.05) is 51.2 Å². The van der Waals surface area contributed by atoms with Crippen LogP contribution in [0.2, 0.25) is 0 Å². The molecule has 2 rings (SSSR count). The van der Waals surface area contributed by atoms with E-state index in [1.165, 1.54) is 37.7 Å². The number of benzene rings is 1. The van der Waals surface area contributed by atoms with Gasteiger partial charge < -0.3 is 0 Å². The molecule has 0 amide bonds. The maximum absolute atomic E-state index is 13.7. The Hall–Kier alpha value is -0.850. The first-order valence-corrected chi connectivity index (χ1v) is 6.57. The van der Waals surface area contributed by atoms with E-state index in [4.69, 9.17) is 0 Å². The summed E-state index contributed by atoms with van der Waals surface area (Å²) in [5.74, 6) is 0.707. The summed E-state index contributed by atoms with van der Waals surface area (Å²) in [5, 5.41) is 0. The molecule has 1 aromatic carbocycles. The highest BCUT2D eigenvalue weighted by Gasteiger charge is 2.15. The van der Waals surface area contributed by atoms with Crippen molar-refractivity contribution in [2.24, 2.45) is 5.92 Å². The van der Waals surface area contributed by atoms with Gasteiger partial charge in [-0.25, -0.2) is 4.39 Å². The van der Waals surface area contributed by atoms with E-state index in [2.05, 4.69) is 13.0 Å². The highest BCUT2D eigenvalue weighted by Crippen LogP contribution is 2.27. The van der Waals surface area contributed by atoms with Crippen LogP contribution in [-0.4, -0.2) is 0 Å². The molecule has 1 aliphatic rings. The van der Waals surface area contributed by atoms with Crippen LogP contribution in [0, 0.1) is 11.7 Å². The number of rotatable bonds is 3. The Morgan fingerprint density at radius 1 is 1.19 bits per heavy atom. The van der Waals surface area contributed by atoms with Gasteiger partial charge >= 0.3 is 0 Å². The number of halogens is 1. The number of aryl methyl sites for hydroxylation is 1. The molecule has 0 spiro atoms. The Bertz CT molecular complexity index is 337. The predicted molar refractivity (Wildman–Crippen MR) is 66.1 cm³/mol. The molecule has 1 aliphatic carbocycles. The molecule has 0 bridgehead atoms. The zero-order valence-corrected chi connectivity index (χ0v) is 10.1. The van der Waals surface area contributed by atoms with Crippen molar-refractivity contribution in [3.05, 3.63) is 35.1 Å². The van der Waals surface area contributed by atoms with Gasteiger partial charge in [0.2, 0.25) is 0 Å². The molecule has 1 heteroatoms. The SMILES string of the molecule is CCc1ccc(F)c(CC2CCCCC2)c1. The summed E-state index contributed by atoms with van der Waals surface area (Å²) < 4.78 is 13.7. The molecule has 0 aliphatic heterocycles. The fourth-order valence-electron chi connectivity index (χ4n) is 2.71. The molecule has 16 heavy (non-hydrogen) atoms. The first kappa shape index (κ1) is 11.6. The molecule has 1 saturated carbocycles. The summed E-state index contributed by atoms with van der Waals surface area (Å²) in [6, 6.07) is 5.60. The van der Waals surface area contributed by atoms with Crippen LogP contribution in [0.3, 0.4) is 0 Å². The minimum absolute atomic E-state index is 0.0113. The van der Waals surface area contributed by atoms with E-state index in [1.54, 1.807) is 6.07 Å². The van der Waals surface area contributed by atoms with Gasteiger partial charge in [-0.3, -0.25) is 0 Å². The van der Waals surface area contributed by atoms with Crippen molar-refractivity contribution < 1.29 is 4.39 Å². The lowest BCUT2D eigenvalue weighted by atomic mass is 9.84. The second-order valence-electron chi connectivity index (χ2n) is 4.99. The molecule has 0 aromatic heterocycles. The first-order chi connectivity index (χ1) is 7.79. The van der Waals surface area contributed by atoms with E-state index in [0.29, 0.717) is 0 Å². The first-order valence-electron chi connectivity index (χ1n) is 6.57. The summed E-state index contributed by atoms with van der Waals surface area (Å²) in [4.78, 5) is 0. The Labute approximate surface area is 97.9 Å². The second kappa shape index (κ2) is 5.47. The van der Waals surface area contributed by atoms with Gasteiger partial charge in [-0.15, -0.1) is 0 Å². The summed E-state index contributed by atoms with van der Waals surface area (Å²) in [5.41, 5.74) is 2.19. The van der Waals surface area contributed by atoms with Crippen molar-refractivity contribution in [1.82, 2.24) is 0 Å². The smallest absolute Gasteiger partial charge is 0.126 e. The summed E-state index contributed by atoms with van der Waals surface area (Å²) in [6.07, 6.45) is 8.55. The van der Waals surface area contributed by atoms with Crippen LogP contribution in [0.5, 0.6) is 0 Å². The molecular weight excluding hydrogens is 199 g/mol. The van der Waals surface area contributed by atoms with Gasteiger partial charge in [0.1, 0.15) is 5.82 Å². The van der Waals surface area contributed by atoms with Crippen molar-refractivity contribution in [2.45, 2.75) is 51.9 Å². The molecule has 0 radical (unpaired) electrons. The normalized spacial score (nSPS) is 17.6. The predicted octanol–water partition coefficient (Wildman–Crippen LogP) is 4.51. The maximum Gasteiger partial charge on any atom is 0.126 e. The fraction of sp³-hybridized carbons (Fsp3) is 0.600. The van der Waals surface area contributed by atoms with Crippen LogP contribution in [0.1, 0.15) is 50.2 Å². The molecule has 0 N–H and O–H groups in total. The third-order valence-electron chi connectivity index (χ3n) is 3.75. The van der Waals surface area contributed by atoms with Gasteiger partial charge in [0.25, 0.3) is 0 Å². The Morgan fingerprint density at radius 3 is 2.62 bits per heavy atom. The van der Waals surface area contributed by atoms with Gasteiger partial charge in [0.05, 0.1) is 0 Å². The van der Waals surface area contributed by atoms with Crippen LogP contribution in [0.4, 0.5) is 4.39 Å². The van der Waals surface area contributed by atoms with E-state index in [0.717, 1.165) is 24.3 Å². The van der Waals surface area contributed by atoms with E-state index in [-0.39, 0.29) is 5.82 Å². The van der Waals surface area contributed by atoms with Gasteiger partial charge in [-0.05, 0) is 36.0 Å². The maximum atomic E-state index is 13.7. The molecule has 0 heterocycles. The Kier molecular flexibility index (Phi) is 3.98. The average Bonchev–Trinajstić information content (AvgIpc) is 2.33. The highest BCUT2D eigenvalue weighted by atomic mass is 19.1. The van der Waals surface area contributed by atoms with E-state index in [1.807, 2.05) is 6.07 Å². The molecule has 0 saturated heterocycles. The average molecular weight is 220 g/mol. The van der Waals surface area contributed by atoms with Crippen LogP contribution < -0.4 is 0 Å².